The van der Waals surface area contributed by atoms with Crippen LogP contribution in [0.15, 0.2) is 41.4 Å². The summed E-state index contributed by atoms with van der Waals surface area (Å²) in [4.78, 5) is 31.9. The van der Waals surface area contributed by atoms with E-state index in [0.717, 1.165) is 11.3 Å². The minimum Gasteiger partial charge on any atom is -0.462 e. The molecule has 0 N–H and O–H groups in total. The number of hydrogen-bond donors (Lipinski definition) is 0. The lowest BCUT2D eigenvalue weighted by molar-refractivity contribution is -0.116. The molecule has 1 fully saturated rings. The van der Waals surface area contributed by atoms with Crippen LogP contribution in [0.25, 0.3) is 0 Å². The number of pyridine rings is 1. The number of carbonyl (C=O) groups is 2. The largest absolute Gasteiger partial charge is 0.462 e. The van der Waals surface area contributed by atoms with Gasteiger partial charge in [0.15, 0.2) is 0 Å². The number of ether oxygens (including phenoxy) is 1. The fourth-order valence-corrected chi connectivity index (χ4v) is 5.81. The van der Waals surface area contributed by atoms with Gasteiger partial charge in [-0.1, -0.05) is 0 Å². The van der Waals surface area contributed by atoms with E-state index in [4.69, 9.17) is 4.74 Å². The fourth-order valence-electron chi connectivity index (χ4n) is 4.29. The molecular formula is C23H28N4O5S. The van der Waals surface area contributed by atoms with E-state index >= 15 is 0 Å². The molecule has 0 atom stereocenters. The lowest BCUT2D eigenvalue weighted by Crippen LogP contribution is -2.35. The Morgan fingerprint density at radius 1 is 1.06 bits per heavy atom. The fraction of sp³-hybridized carbons (Fsp3) is 0.435. The van der Waals surface area contributed by atoms with E-state index in [1.165, 1.54) is 17.4 Å². The van der Waals surface area contributed by atoms with Crippen LogP contribution in [-0.4, -0.2) is 68.9 Å². The molecule has 1 aromatic heterocycles. The minimum absolute atomic E-state index is 0.0409. The van der Waals surface area contributed by atoms with Gasteiger partial charge in [-0.05, 0) is 55.7 Å². The second-order valence-electron chi connectivity index (χ2n) is 8.08. The number of benzene rings is 1. The summed E-state index contributed by atoms with van der Waals surface area (Å²) >= 11 is 0. The van der Waals surface area contributed by atoms with Crippen LogP contribution in [0.5, 0.6) is 0 Å². The summed E-state index contributed by atoms with van der Waals surface area (Å²) in [7, 11) is -3.65. The normalized spacial score (nSPS) is 16.9. The zero-order valence-corrected chi connectivity index (χ0v) is 19.7. The Balaban J connectivity index is 1.46. The smallest absolute Gasteiger partial charge is 0.339 e. The van der Waals surface area contributed by atoms with Crippen LogP contribution in [-0.2, 0) is 26.0 Å². The molecule has 0 spiro atoms. The first kappa shape index (κ1) is 23.2. The van der Waals surface area contributed by atoms with Crippen molar-refractivity contribution < 1.29 is 22.7 Å². The van der Waals surface area contributed by atoms with E-state index in [-0.39, 0.29) is 10.8 Å². The van der Waals surface area contributed by atoms with Gasteiger partial charge in [-0.2, -0.15) is 4.31 Å². The van der Waals surface area contributed by atoms with Crippen LogP contribution in [0.1, 0.15) is 36.2 Å². The molecule has 0 aliphatic carbocycles. The number of rotatable bonds is 5. The molecule has 176 valence electrons. The van der Waals surface area contributed by atoms with Crippen LogP contribution in [0.4, 0.5) is 11.5 Å². The van der Waals surface area contributed by atoms with Gasteiger partial charge in [0.05, 0.1) is 17.1 Å². The highest BCUT2D eigenvalue weighted by molar-refractivity contribution is 7.89. The average molecular weight is 473 g/mol. The summed E-state index contributed by atoms with van der Waals surface area (Å²) in [5.41, 5.74) is 2.06. The Morgan fingerprint density at radius 2 is 1.88 bits per heavy atom. The van der Waals surface area contributed by atoms with Crippen molar-refractivity contribution in [2.45, 2.75) is 31.6 Å². The quantitative estimate of drug-likeness (QED) is 0.614. The predicted molar refractivity (Wildman–Crippen MR) is 124 cm³/mol. The van der Waals surface area contributed by atoms with E-state index < -0.39 is 16.0 Å². The molecule has 1 saturated heterocycles. The molecule has 10 heteroatoms. The molecule has 1 aromatic carbocycles. The Hall–Kier alpha value is -2.98. The van der Waals surface area contributed by atoms with Gasteiger partial charge in [0, 0.05) is 51.5 Å². The number of sulfonamides is 1. The highest BCUT2D eigenvalue weighted by Crippen LogP contribution is 2.31. The summed E-state index contributed by atoms with van der Waals surface area (Å²) in [5.74, 6) is 0.246. The lowest BCUT2D eigenvalue weighted by Gasteiger charge is -2.23. The first-order valence-electron chi connectivity index (χ1n) is 11.1. The molecule has 0 bridgehead atoms. The molecule has 0 saturated carbocycles. The third-order valence-corrected chi connectivity index (χ3v) is 7.90. The molecule has 2 aliphatic rings. The summed E-state index contributed by atoms with van der Waals surface area (Å²) in [5, 5.41) is 0. The molecule has 1 amide bonds. The topological polar surface area (TPSA) is 100 Å². The highest BCUT2D eigenvalue weighted by atomic mass is 32.2. The van der Waals surface area contributed by atoms with Crippen molar-refractivity contribution in [1.82, 2.24) is 9.29 Å². The number of aromatic nitrogens is 1. The van der Waals surface area contributed by atoms with E-state index in [1.807, 2.05) is 4.90 Å². The second-order valence-corrected chi connectivity index (χ2v) is 10.0. The van der Waals surface area contributed by atoms with Crippen LogP contribution >= 0.6 is 0 Å². The summed E-state index contributed by atoms with van der Waals surface area (Å²) in [6.07, 6.45) is 2.80. The third kappa shape index (κ3) is 4.72. The molecule has 3 heterocycles. The van der Waals surface area contributed by atoms with Gasteiger partial charge in [-0.3, -0.25) is 4.79 Å². The zero-order valence-electron chi connectivity index (χ0n) is 18.9. The number of carbonyl (C=O) groups excluding carboxylic acids is 2. The first-order valence-corrected chi connectivity index (χ1v) is 12.5. The van der Waals surface area contributed by atoms with Gasteiger partial charge in [0.1, 0.15) is 5.82 Å². The predicted octanol–water partition coefficient (Wildman–Crippen LogP) is 2.07. The van der Waals surface area contributed by atoms with Crippen molar-refractivity contribution in [3.63, 3.8) is 0 Å². The van der Waals surface area contributed by atoms with Gasteiger partial charge < -0.3 is 14.5 Å². The van der Waals surface area contributed by atoms with Gasteiger partial charge in [0.25, 0.3) is 0 Å². The number of nitrogens with zero attached hydrogens (tertiary/aromatic N) is 4. The molecule has 0 unspecified atom stereocenters. The van der Waals surface area contributed by atoms with Crippen LogP contribution < -0.4 is 9.80 Å². The van der Waals surface area contributed by atoms with E-state index in [9.17, 15) is 18.0 Å². The zero-order chi connectivity index (χ0) is 23.6. The van der Waals surface area contributed by atoms with Crippen molar-refractivity contribution in [2.24, 2.45) is 0 Å². The molecule has 33 heavy (non-hydrogen) atoms. The maximum atomic E-state index is 13.3. The number of amides is 1. The first-order chi connectivity index (χ1) is 15.8. The van der Waals surface area contributed by atoms with Gasteiger partial charge >= 0.3 is 5.97 Å². The molecular weight excluding hydrogens is 444 g/mol. The number of esters is 1. The van der Waals surface area contributed by atoms with Gasteiger partial charge in [0.2, 0.25) is 15.9 Å². The average Bonchev–Trinajstić information content (AvgIpc) is 3.07. The highest BCUT2D eigenvalue weighted by Gasteiger charge is 2.30. The second kappa shape index (κ2) is 9.48. The maximum absolute atomic E-state index is 13.3. The Kier molecular flexibility index (Phi) is 6.66. The van der Waals surface area contributed by atoms with Crippen molar-refractivity contribution >= 4 is 33.4 Å². The number of fused-ring (bicyclic) bond motifs is 1. The van der Waals surface area contributed by atoms with Crippen LogP contribution in [0.2, 0.25) is 0 Å². The van der Waals surface area contributed by atoms with E-state index in [0.29, 0.717) is 63.6 Å². The summed E-state index contributed by atoms with van der Waals surface area (Å²) in [6.45, 7) is 6.05. The van der Waals surface area contributed by atoms with E-state index in [2.05, 4.69) is 4.98 Å². The maximum Gasteiger partial charge on any atom is 0.339 e. The van der Waals surface area contributed by atoms with E-state index in [1.54, 1.807) is 42.2 Å². The minimum atomic E-state index is -3.65. The van der Waals surface area contributed by atoms with Crippen molar-refractivity contribution in [3.8, 4) is 0 Å². The number of hydrogen-bond acceptors (Lipinski definition) is 7. The Bertz CT molecular complexity index is 1150. The number of anilines is 2. The van der Waals surface area contributed by atoms with Crippen molar-refractivity contribution in [3.05, 3.63) is 47.7 Å². The summed E-state index contributed by atoms with van der Waals surface area (Å²) in [6, 6.07) is 8.46. The van der Waals surface area contributed by atoms with Crippen LogP contribution in [0, 0.1) is 0 Å². The molecule has 2 aromatic rings. The standard InChI is InChI=1S/C23H28N4O5S/c1-3-32-23(29)19-5-8-22(24-16-19)25-10-4-11-26(14-13-25)33(30,31)20-6-7-21-18(15-20)9-12-27(21)17(2)28/h5-8,15-16H,3-4,9-14H2,1-2H3. The van der Waals surface area contributed by atoms with Crippen LogP contribution in [0.3, 0.4) is 0 Å². The molecule has 0 radical (unpaired) electrons. The molecule has 9 nitrogen and oxygen atoms in total. The van der Waals surface area contributed by atoms with Gasteiger partial charge in [-0.25, -0.2) is 18.2 Å². The monoisotopic (exact) mass is 472 g/mol. The Labute approximate surface area is 194 Å². The van der Waals surface area contributed by atoms with Gasteiger partial charge in [-0.15, -0.1) is 0 Å². The third-order valence-electron chi connectivity index (χ3n) is 6.00. The lowest BCUT2D eigenvalue weighted by atomic mass is 10.2. The SMILES string of the molecule is CCOC(=O)c1ccc(N2CCCN(S(=O)(=O)c3ccc4c(c3)CCN4C(C)=O)CC2)nc1. The van der Waals surface area contributed by atoms with Crippen molar-refractivity contribution in [1.29, 1.82) is 0 Å². The molecule has 2 aliphatic heterocycles. The van der Waals surface area contributed by atoms with Crippen molar-refractivity contribution in [2.75, 3.05) is 49.1 Å². The molecule has 4 rings (SSSR count). The Morgan fingerprint density at radius 3 is 2.58 bits per heavy atom. The summed E-state index contributed by atoms with van der Waals surface area (Å²) < 4.78 is 33.2.